The predicted octanol–water partition coefficient (Wildman–Crippen LogP) is 1.55. The Morgan fingerprint density at radius 1 is 1.25 bits per heavy atom. The second kappa shape index (κ2) is 13.8. The summed E-state index contributed by atoms with van der Waals surface area (Å²) in [5.74, 6) is -3.62. The van der Waals surface area contributed by atoms with Gasteiger partial charge in [-0.25, -0.2) is 18.6 Å². The fourth-order valence-electron chi connectivity index (χ4n) is 3.51. The summed E-state index contributed by atoms with van der Waals surface area (Å²) < 4.78 is 93.9. The molecule has 3 N–H and O–H groups in total. The van der Waals surface area contributed by atoms with E-state index in [2.05, 4.69) is 15.3 Å². The van der Waals surface area contributed by atoms with Gasteiger partial charge >= 0.3 is 16.2 Å². The number of benzene rings is 1. The van der Waals surface area contributed by atoms with Crippen molar-refractivity contribution in [3.8, 4) is 5.88 Å². The second-order valence-corrected chi connectivity index (χ2v) is 12.8. The third-order valence-corrected chi connectivity index (χ3v) is 9.60. The Bertz CT molecular complexity index is 1420. The molecule has 0 aliphatic carbocycles. The lowest BCUT2D eigenvalue weighted by Gasteiger charge is -2.32. The normalized spacial score (nSPS) is 17.3. The van der Waals surface area contributed by atoms with Crippen molar-refractivity contribution >= 4 is 44.0 Å². The van der Waals surface area contributed by atoms with E-state index in [1.54, 1.807) is 11.1 Å². The van der Waals surface area contributed by atoms with Crippen LogP contribution < -0.4 is 18.9 Å². The second-order valence-electron chi connectivity index (χ2n) is 8.50. The number of piperazine rings is 1. The highest BCUT2D eigenvalue weighted by molar-refractivity contribution is 8.04. The van der Waals surface area contributed by atoms with E-state index >= 15 is 0 Å². The number of hydrogen-bond acceptors (Lipinski definition) is 11. The lowest BCUT2D eigenvalue weighted by molar-refractivity contribution is -0.150. The third-order valence-electron chi connectivity index (χ3n) is 5.49. The number of rotatable bonds is 13. The topological polar surface area (TPSA) is 169 Å². The molecule has 13 nitrogen and oxygen atoms in total. The predicted molar refractivity (Wildman–Crippen MR) is 143 cm³/mol. The number of hydrogen-bond donors (Lipinski definition) is 3. The average Bonchev–Trinajstić information content (AvgIpc) is 2.88. The molecule has 1 aliphatic rings. The Morgan fingerprint density at radius 2 is 2.00 bits per heavy atom. The van der Waals surface area contributed by atoms with E-state index < -0.39 is 49.9 Å². The van der Waals surface area contributed by atoms with Crippen LogP contribution in [0.1, 0.15) is 32.8 Å². The zero-order valence-electron chi connectivity index (χ0n) is 21.9. The molecule has 0 radical (unpaired) electrons. The highest BCUT2D eigenvalue weighted by Crippen LogP contribution is 2.26. The van der Waals surface area contributed by atoms with E-state index in [-0.39, 0.29) is 48.1 Å². The van der Waals surface area contributed by atoms with Crippen LogP contribution in [0.25, 0.3) is 0 Å². The van der Waals surface area contributed by atoms with Crippen molar-refractivity contribution in [2.24, 2.45) is 0 Å². The van der Waals surface area contributed by atoms with E-state index in [1.165, 1.54) is 19.1 Å². The van der Waals surface area contributed by atoms with Crippen LogP contribution in [0.15, 0.2) is 29.4 Å². The van der Waals surface area contributed by atoms with Crippen molar-refractivity contribution in [3.05, 3.63) is 41.5 Å². The van der Waals surface area contributed by atoms with Gasteiger partial charge in [-0.1, -0.05) is 34.9 Å². The molecule has 1 fully saturated rings. The number of aromatic nitrogens is 2. The summed E-state index contributed by atoms with van der Waals surface area (Å²) in [5.41, 5.74) is -0.00360. The molecule has 0 bridgehead atoms. The minimum atomic E-state index is -4.74. The Balaban J connectivity index is 1.84. The van der Waals surface area contributed by atoms with Gasteiger partial charge in [0.2, 0.25) is 5.88 Å². The van der Waals surface area contributed by atoms with Gasteiger partial charge in [-0.05, 0) is 26.3 Å². The zero-order valence-corrected chi connectivity index (χ0v) is 24.3. The van der Waals surface area contributed by atoms with Gasteiger partial charge in [0.05, 0.1) is 6.61 Å². The minimum Gasteiger partial charge on any atom is -0.463 e. The van der Waals surface area contributed by atoms with Gasteiger partial charge in [0.25, 0.3) is 10.2 Å². The Morgan fingerprint density at radius 3 is 2.70 bits per heavy atom. The zero-order chi connectivity index (χ0) is 29.5. The van der Waals surface area contributed by atoms with E-state index in [0.29, 0.717) is 13.0 Å². The largest absolute Gasteiger partial charge is 0.463 e. The molecule has 1 aliphatic heterocycles. The lowest BCUT2D eigenvalue weighted by Crippen LogP contribution is -2.56. The van der Waals surface area contributed by atoms with Crippen molar-refractivity contribution < 1.29 is 39.9 Å². The standard InChI is InChI=1S/C22H30F2N6O7S3/c1-4-16-12-30(10-9-25-16)40(34,35)29-39(32,33)28-18-11-19(37-14(3)21(31)36-5-2)27-22(26-18)38-13-15-7-6-8-17(23)20(15)24/h6-8,11,14,16,25,29H,4-5,9-10,12-13H2,1-3H3,(H,26,27,28)/t14-,16-/m1/s1. The van der Waals surface area contributed by atoms with Gasteiger partial charge in [-0.3, -0.25) is 4.72 Å². The molecule has 0 unspecified atom stereocenters. The van der Waals surface area contributed by atoms with Crippen molar-refractivity contribution in [3.63, 3.8) is 0 Å². The molecule has 2 atom stereocenters. The van der Waals surface area contributed by atoms with Crippen LogP contribution in [0.3, 0.4) is 0 Å². The number of carbonyl (C=O) groups is 1. The maximum absolute atomic E-state index is 14.1. The summed E-state index contributed by atoms with van der Waals surface area (Å²) in [6, 6.07) is 4.54. The fraction of sp³-hybridized carbons (Fsp3) is 0.500. The number of esters is 1. The van der Waals surface area contributed by atoms with Crippen LogP contribution in [0.2, 0.25) is 0 Å². The Hall–Kier alpha value is -2.64. The molecular formula is C22H30F2N6O7S3. The quantitative estimate of drug-likeness (QED) is 0.168. The van der Waals surface area contributed by atoms with Crippen LogP contribution >= 0.6 is 11.8 Å². The molecule has 1 saturated heterocycles. The number of carbonyl (C=O) groups excluding carboxylic acids is 1. The summed E-state index contributed by atoms with van der Waals surface area (Å²) in [5, 5.41) is 3.00. The van der Waals surface area contributed by atoms with Gasteiger partial charge in [-0.2, -0.15) is 26.1 Å². The van der Waals surface area contributed by atoms with Crippen LogP contribution in [-0.4, -0.2) is 75.5 Å². The van der Waals surface area contributed by atoms with Crippen LogP contribution in [0, 0.1) is 11.6 Å². The molecule has 0 spiro atoms. The third kappa shape index (κ3) is 8.93. The first-order valence-electron chi connectivity index (χ1n) is 12.2. The summed E-state index contributed by atoms with van der Waals surface area (Å²) >= 11 is 0.821. The molecule has 2 aromatic rings. The van der Waals surface area contributed by atoms with Crippen LogP contribution in [-0.2, 0) is 35.7 Å². The number of halogens is 2. The van der Waals surface area contributed by atoms with E-state index in [1.807, 2.05) is 11.6 Å². The smallest absolute Gasteiger partial charge is 0.347 e. The fourth-order valence-corrected chi connectivity index (χ4v) is 7.12. The first-order chi connectivity index (χ1) is 18.8. The van der Waals surface area contributed by atoms with E-state index in [0.717, 1.165) is 28.2 Å². The molecule has 222 valence electrons. The van der Waals surface area contributed by atoms with E-state index in [9.17, 15) is 30.4 Å². The number of ether oxygens (including phenoxy) is 2. The molecule has 18 heteroatoms. The van der Waals surface area contributed by atoms with E-state index in [4.69, 9.17) is 9.47 Å². The average molecular weight is 625 g/mol. The SMILES string of the molecule is CCOC(=O)[C@@H](C)Oc1cc(NS(=O)(=O)NS(=O)(=O)N2CCN[C@H](CC)C2)nc(SCc2cccc(F)c2F)n1. The van der Waals surface area contributed by atoms with Gasteiger partial charge in [0, 0.05) is 43.1 Å². The molecular weight excluding hydrogens is 594 g/mol. The van der Waals surface area contributed by atoms with Crippen molar-refractivity contribution in [2.45, 2.75) is 50.2 Å². The highest BCUT2D eigenvalue weighted by Gasteiger charge is 2.32. The van der Waals surface area contributed by atoms with Gasteiger partial charge in [0.1, 0.15) is 5.82 Å². The Labute approximate surface area is 235 Å². The van der Waals surface area contributed by atoms with Crippen LogP contribution in [0.4, 0.5) is 14.6 Å². The van der Waals surface area contributed by atoms with Crippen molar-refractivity contribution in [1.29, 1.82) is 0 Å². The van der Waals surface area contributed by atoms with Crippen molar-refractivity contribution in [1.82, 2.24) is 23.7 Å². The summed E-state index contributed by atoms with van der Waals surface area (Å²) in [6.07, 6.45) is -0.499. The lowest BCUT2D eigenvalue weighted by atomic mass is 10.2. The number of nitrogens with one attached hydrogen (secondary N) is 3. The van der Waals surface area contributed by atoms with Crippen LogP contribution in [0.5, 0.6) is 5.88 Å². The Kier molecular flexibility index (Phi) is 11.0. The molecule has 1 aromatic heterocycles. The maximum atomic E-state index is 14.1. The van der Waals surface area contributed by atoms with Gasteiger partial charge < -0.3 is 14.8 Å². The molecule has 0 amide bonds. The summed E-state index contributed by atoms with van der Waals surface area (Å²) in [7, 11) is -9.18. The molecule has 1 aromatic carbocycles. The number of anilines is 1. The number of thioether (sulfide) groups is 1. The highest BCUT2D eigenvalue weighted by atomic mass is 32.3. The molecule has 3 rings (SSSR count). The van der Waals surface area contributed by atoms with Gasteiger partial charge in [0.15, 0.2) is 22.9 Å². The monoisotopic (exact) mass is 624 g/mol. The molecule has 40 heavy (non-hydrogen) atoms. The minimum absolute atomic E-state index is 0.00360. The van der Waals surface area contributed by atoms with Gasteiger partial charge in [-0.15, -0.1) is 0 Å². The van der Waals surface area contributed by atoms with Crippen molar-refractivity contribution in [2.75, 3.05) is 31.0 Å². The first-order valence-corrected chi connectivity index (χ1v) is 16.1. The first kappa shape index (κ1) is 31.9. The summed E-state index contributed by atoms with van der Waals surface area (Å²) in [6.45, 7) is 5.44. The molecule has 0 saturated carbocycles. The molecule has 2 heterocycles. The maximum Gasteiger partial charge on any atom is 0.347 e. The number of nitrogens with zero attached hydrogens (tertiary/aromatic N) is 3. The summed E-state index contributed by atoms with van der Waals surface area (Å²) in [4.78, 5) is 20.1.